The zero-order valence-electron chi connectivity index (χ0n) is 12.8. The van der Waals surface area contributed by atoms with Crippen LogP contribution in [0, 0.1) is 3.57 Å². The lowest BCUT2D eigenvalue weighted by molar-refractivity contribution is 0.0965. The summed E-state index contributed by atoms with van der Waals surface area (Å²) in [6.07, 6.45) is 1.96. The maximum Gasteiger partial charge on any atom is 0.262 e. The van der Waals surface area contributed by atoms with Crippen molar-refractivity contribution in [1.82, 2.24) is 4.57 Å². The summed E-state index contributed by atoms with van der Waals surface area (Å²) in [7, 11) is 0. The fourth-order valence-electron chi connectivity index (χ4n) is 2.96. The molecule has 0 radical (unpaired) electrons. The van der Waals surface area contributed by atoms with Gasteiger partial charge in [-0.15, -0.1) is 0 Å². The van der Waals surface area contributed by atoms with Crippen LogP contribution in [0.25, 0.3) is 22.0 Å². The van der Waals surface area contributed by atoms with Gasteiger partial charge >= 0.3 is 0 Å². The second-order valence-corrected chi connectivity index (χ2v) is 6.74. The number of fused-ring (bicyclic) bond motifs is 1. The van der Waals surface area contributed by atoms with Crippen LogP contribution in [-0.2, 0) is 0 Å². The van der Waals surface area contributed by atoms with Crippen LogP contribution in [0.2, 0.25) is 0 Å². The molecule has 0 aliphatic carbocycles. The normalized spacial score (nSPS) is 10.9. The molecule has 2 nitrogen and oxygen atoms in total. The molecule has 0 unspecified atom stereocenters. The summed E-state index contributed by atoms with van der Waals surface area (Å²) in [6.45, 7) is 0. The molecule has 0 bridgehead atoms. The number of hydrogen-bond donors (Lipinski definition) is 0. The topological polar surface area (TPSA) is 22.0 Å². The summed E-state index contributed by atoms with van der Waals surface area (Å²) < 4.78 is 2.92. The monoisotopic (exact) mass is 423 g/mol. The Bertz CT molecular complexity index is 1030. The van der Waals surface area contributed by atoms with E-state index in [1.807, 2.05) is 66.9 Å². The van der Waals surface area contributed by atoms with Crippen molar-refractivity contribution in [2.75, 3.05) is 0 Å². The fraction of sp³-hybridized carbons (Fsp3) is 0. The Morgan fingerprint density at radius 1 is 0.750 bits per heavy atom. The Kier molecular flexibility index (Phi) is 3.94. The SMILES string of the molecule is O=C(c1ccccc1)n1cc(-c2ccccc2I)c2ccccc21. The number of hydrogen-bond acceptors (Lipinski definition) is 1. The summed E-state index contributed by atoms with van der Waals surface area (Å²) in [5.74, 6) is -0.0102. The van der Waals surface area contributed by atoms with Gasteiger partial charge in [-0.1, -0.05) is 54.6 Å². The number of carbonyl (C=O) groups is 1. The molecule has 0 atom stereocenters. The summed E-state index contributed by atoms with van der Waals surface area (Å²) in [5.41, 5.74) is 3.85. The molecule has 0 amide bonds. The number of nitrogens with zero attached hydrogens (tertiary/aromatic N) is 1. The van der Waals surface area contributed by atoms with E-state index in [2.05, 4.69) is 40.8 Å². The number of halogens is 1. The molecule has 0 N–H and O–H groups in total. The molecule has 3 aromatic carbocycles. The molecule has 0 saturated carbocycles. The quantitative estimate of drug-likeness (QED) is 0.385. The molecule has 0 aliphatic heterocycles. The Morgan fingerprint density at radius 3 is 2.21 bits per heavy atom. The fourth-order valence-corrected chi connectivity index (χ4v) is 3.64. The van der Waals surface area contributed by atoms with Crippen LogP contribution in [0.1, 0.15) is 10.4 Å². The molecule has 0 fully saturated rings. The highest BCUT2D eigenvalue weighted by Crippen LogP contribution is 2.33. The molecule has 4 rings (SSSR count). The van der Waals surface area contributed by atoms with Crippen molar-refractivity contribution < 1.29 is 4.79 Å². The highest BCUT2D eigenvalue weighted by molar-refractivity contribution is 14.1. The van der Waals surface area contributed by atoms with Crippen LogP contribution < -0.4 is 0 Å². The van der Waals surface area contributed by atoms with Crippen molar-refractivity contribution in [3.63, 3.8) is 0 Å². The van der Waals surface area contributed by atoms with Gasteiger partial charge in [0.15, 0.2) is 0 Å². The van der Waals surface area contributed by atoms with Gasteiger partial charge in [0.25, 0.3) is 5.91 Å². The average Bonchev–Trinajstić information content (AvgIpc) is 3.02. The van der Waals surface area contributed by atoms with Crippen LogP contribution in [0.4, 0.5) is 0 Å². The molecule has 1 heterocycles. The van der Waals surface area contributed by atoms with Gasteiger partial charge in [-0.25, -0.2) is 0 Å². The number of aromatic nitrogens is 1. The summed E-state index contributed by atoms with van der Waals surface area (Å²) in [6, 6.07) is 25.7. The van der Waals surface area contributed by atoms with Gasteiger partial charge in [0.2, 0.25) is 0 Å². The van der Waals surface area contributed by atoms with E-state index >= 15 is 0 Å². The third kappa shape index (κ3) is 2.55. The van der Waals surface area contributed by atoms with Gasteiger partial charge in [0.1, 0.15) is 0 Å². The number of para-hydroxylation sites is 1. The highest BCUT2D eigenvalue weighted by Gasteiger charge is 2.16. The highest BCUT2D eigenvalue weighted by atomic mass is 127. The Labute approximate surface area is 153 Å². The maximum atomic E-state index is 13.0. The van der Waals surface area contributed by atoms with Crippen LogP contribution in [0.15, 0.2) is 85.1 Å². The van der Waals surface area contributed by atoms with Crippen LogP contribution in [0.5, 0.6) is 0 Å². The molecule has 3 heteroatoms. The van der Waals surface area contributed by atoms with Crippen molar-refractivity contribution in [3.05, 3.63) is 94.2 Å². The molecule has 0 spiro atoms. The first kappa shape index (κ1) is 15.1. The molecule has 1 aromatic heterocycles. The minimum absolute atomic E-state index is 0.0102. The zero-order valence-corrected chi connectivity index (χ0v) is 15.0. The summed E-state index contributed by atoms with van der Waals surface area (Å²) >= 11 is 2.34. The standard InChI is InChI=1S/C21H14INO/c22-19-12-6-4-10-16(19)18-14-23(20-13-7-5-11-17(18)20)21(24)15-8-2-1-3-9-15/h1-14H. The van der Waals surface area contributed by atoms with Gasteiger partial charge < -0.3 is 0 Å². The Morgan fingerprint density at radius 2 is 1.42 bits per heavy atom. The van der Waals surface area contributed by atoms with E-state index in [9.17, 15) is 4.79 Å². The van der Waals surface area contributed by atoms with Gasteiger partial charge in [-0.05, 0) is 52.4 Å². The van der Waals surface area contributed by atoms with E-state index in [0.717, 1.165) is 22.0 Å². The first-order chi connectivity index (χ1) is 11.8. The lowest BCUT2D eigenvalue weighted by Crippen LogP contribution is -2.10. The number of carbonyl (C=O) groups excluding carboxylic acids is 1. The van der Waals surface area contributed by atoms with Crippen LogP contribution in [-0.4, -0.2) is 10.5 Å². The van der Waals surface area contributed by atoms with E-state index in [1.165, 1.54) is 3.57 Å². The van der Waals surface area contributed by atoms with Gasteiger partial charge in [0, 0.05) is 26.3 Å². The van der Waals surface area contributed by atoms with Crippen molar-refractivity contribution in [1.29, 1.82) is 0 Å². The third-order valence-corrected chi connectivity index (χ3v) is 5.06. The molecule has 0 aliphatic rings. The van der Waals surface area contributed by atoms with E-state index in [0.29, 0.717) is 5.56 Å². The van der Waals surface area contributed by atoms with E-state index in [4.69, 9.17) is 0 Å². The number of benzene rings is 3. The summed E-state index contributed by atoms with van der Waals surface area (Å²) in [4.78, 5) is 13.0. The van der Waals surface area contributed by atoms with Crippen LogP contribution >= 0.6 is 22.6 Å². The van der Waals surface area contributed by atoms with Crippen molar-refractivity contribution in [2.24, 2.45) is 0 Å². The molecule has 0 saturated heterocycles. The molecule has 4 aromatic rings. The zero-order chi connectivity index (χ0) is 16.5. The minimum Gasteiger partial charge on any atom is -0.283 e. The molecular formula is C21H14INO. The second kappa shape index (κ2) is 6.24. The van der Waals surface area contributed by atoms with Gasteiger partial charge in [-0.2, -0.15) is 0 Å². The smallest absolute Gasteiger partial charge is 0.262 e. The Hall–Kier alpha value is -2.40. The van der Waals surface area contributed by atoms with Crippen molar-refractivity contribution >= 4 is 39.4 Å². The van der Waals surface area contributed by atoms with Crippen LogP contribution in [0.3, 0.4) is 0 Å². The average molecular weight is 423 g/mol. The first-order valence-corrected chi connectivity index (χ1v) is 8.78. The van der Waals surface area contributed by atoms with Gasteiger partial charge in [0.05, 0.1) is 5.52 Å². The number of rotatable bonds is 2. The molecule has 116 valence electrons. The van der Waals surface area contributed by atoms with E-state index in [-0.39, 0.29) is 5.91 Å². The van der Waals surface area contributed by atoms with E-state index in [1.54, 1.807) is 4.57 Å². The predicted molar refractivity (Wildman–Crippen MR) is 106 cm³/mol. The lowest BCUT2D eigenvalue weighted by atomic mass is 10.1. The van der Waals surface area contributed by atoms with Crippen molar-refractivity contribution in [3.8, 4) is 11.1 Å². The van der Waals surface area contributed by atoms with Crippen molar-refractivity contribution in [2.45, 2.75) is 0 Å². The predicted octanol–water partition coefficient (Wildman–Crippen LogP) is 5.60. The third-order valence-electron chi connectivity index (χ3n) is 4.12. The van der Waals surface area contributed by atoms with Gasteiger partial charge in [-0.3, -0.25) is 9.36 Å². The molecule has 24 heavy (non-hydrogen) atoms. The van der Waals surface area contributed by atoms with E-state index < -0.39 is 0 Å². The lowest BCUT2D eigenvalue weighted by Gasteiger charge is -2.03. The molecular weight excluding hydrogens is 409 g/mol. The largest absolute Gasteiger partial charge is 0.283 e. The minimum atomic E-state index is -0.0102. The maximum absolute atomic E-state index is 13.0. The second-order valence-electron chi connectivity index (χ2n) is 5.58. The summed E-state index contributed by atoms with van der Waals surface area (Å²) in [5, 5.41) is 1.09. The first-order valence-electron chi connectivity index (χ1n) is 7.70. The Balaban J connectivity index is 1.96.